The third-order valence-electron chi connectivity index (χ3n) is 6.28. The fourth-order valence-electron chi connectivity index (χ4n) is 4.23. The van der Waals surface area contributed by atoms with E-state index in [-0.39, 0.29) is 46.0 Å². The molecule has 2 aromatic rings. The van der Waals surface area contributed by atoms with Crippen molar-refractivity contribution in [2.45, 2.75) is 118 Å². The van der Waals surface area contributed by atoms with Crippen LogP contribution in [0.15, 0.2) is 63.7 Å². The smallest absolute Gasteiger partial charge is 0.307 e. The second-order valence-electron chi connectivity index (χ2n) is 14.2. The lowest BCUT2D eigenvalue weighted by Crippen LogP contribution is -2.18. The van der Waals surface area contributed by atoms with E-state index in [1.165, 1.54) is 0 Å². The minimum absolute atomic E-state index is 0.0214. The molecule has 44 heavy (non-hydrogen) atoms. The summed E-state index contributed by atoms with van der Waals surface area (Å²) in [6, 6.07) is 7.22. The Morgan fingerprint density at radius 1 is 0.477 bits per heavy atom. The molecule has 0 aliphatic heterocycles. The monoisotopic (exact) mass is 612 g/mol. The zero-order chi connectivity index (χ0) is 36.0. The number of rotatable bonds is 4. The van der Waals surface area contributed by atoms with Crippen LogP contribution in [0.25, 0.3) is 0 Å². The summed E-state index contributed by atoms with van der Waals surface area (Å²) in [6.07, 6.45) is -0.0428. The summed E-state index contributed by atoms with van der Waals surface area (Å²) in [6.45, 7) is 42.2. The summed E-state index contributed by atoms with van der Waals surface area (Å²) < 4.78 is 0. The molecular formula is C38H60O6. The standard InChI is InChI=1S/2C16H24O3.3C2H4/c2*1-15(2,3)11-7-10(9-13(17)18)8-12(14(11)19)16(4,5)6;3*1-2/h2*7-8,19H,9H2,1-6H3,(H,17,18);3*1-2H2. The van der Waals surface area contributed by atoms with E-state index in [4.69, 9.17) is 10.2 Å². The second kappa shape index (κ2) is 18.1. The number of carbonyl (C=O) groups is 2. The first-order valence-electron chi connectivity index (χ1n) is 14.5. The number of phenols is 2. The predicted octanol–water partition coefficient (Wildman–Crippen LogP) is 9.64. The second-order valence-corrected chi connectivity index (χ2v) is 14.2. The van der Waals surface area contributed by atoms with Crippen molar-refractivity contribution in [2.75, 3.05) is 0 Å². The van der Waals surface area contributed by atoms with E-state index in [0.717, 1.165) is 33.4 Å². The van der Waals surface area contributed by atoms with E-state index in [9.17, 15) is 19.8 Å². The average molecular weight is 613 g/mol. The van der Waals surface area contributed by atoms with E-state index in [2.05, 4.69) is 39.5 Å². The lowest BCUT2D eigenvalue weighted by atomic mass is 9.78. The van der Waals surface area contributed by atoms with Crippen LogP contribution in [-0.2, 0) is 44.1 Å². The number of hydrogen-bond acceptors (Lipinski definition) is 4. The number of hydrogen-bond donors (Lipinski definition) is 4. The van der Waals surface area contributed by atoms with Crippen LogP contribution >= 0.6 is 0 Å². The van der Waals surface area contributed by atoms with E-state index in [1.54, 1.807) is 24.3 Å². The lowest BCUT2D eigenvalue weighted by molar-refractivity contribution is -0.137. The van der Waals surface area contributed by atoms with Gasteiger partial charge in [-0.15, -0.1) is 39.5 Å². The first kappa shape index (κ1) is 44.6. The van der Waals surface area contributed by atoms with E-state index in [1.807, 2.05) is 83.1 Å². The van der Waals surface area contributed by atoms with Crippen LogP contribution in [0, 0.1) is 0 Å². The van der Waals surface area contributed by atoms with Crippen molar-refractivity contribution in [1.82, 2.24) is 0 Å². The summed E-state index contributed by atoms with van der Waals surface area (Å²) in [5.74, 6) is -1.14. The Kier molecular flexibility index (Phi) is 18.4. The van der Waals surface area contributed by atoms with Crippen molar-refractivity contribution >= 4 is 11.9 Å². The topological polar surface area (TPSA) is 115 Å². The van der Waals surface area contributed by atoms with Gasteiger partial charge in [-0.1, -0.05) is 107 Å². The Hall–Kier alpha value is -3.80. The third kappa shape index (κ3) is 14.6. The van der Waals surface area contributed by atoms with Crippen LogP contribution in [0.5, 0.6) is 11.5 Å². The lowest BCUT2D eigenvalue weighted by Gasteiger charge is -2.28. The van der Waals surface area contributed by atoms with Crippen molar-refractivity contribution in [1.29, 1.82) is 0 Å². The van der Waals surface area contributed by atoms with Crippen molar-refractivity contribution in [3.63, 3.8) is 0 Å². The number of carboxylic acids is 2. The maximum Gasteiger partial charge on any atom is 0.307 e. The normalized spacial score (nSPS) is 11.1. The van der Waals surface area contributed by atoms with Crippen LogP contribution < -0.4 is 0 Å². The number of aliphatic carboxylic acids is 2. The van der Waals surface area contributed by atoms with Gasteiger partial charge in [0.2, 0.25) is 0 Å². The fraction of sp³-hybridized carbons (Fsp3) is 0.474. The highest BCUT2D eigenvalue weighted by Crippen LogP contribution is 2.41. The molecule has 0 saturated carbocycles. The van der Waals surface area contributed by atoms with Gasteiger partial charge in [0, 0.05) is 0 Å². The molecule has 0 aliphatic rings. The summed E-state index contributed by atoms with van der Waals surface area (Å²) in [5, 5.41) is 38.9. The first-order chi connectivity index (χ1) is 19.9. The van der Waals surface area contributed by atoms with Crippen molar-refractivity contribution in [3.8, 4) is 11.5 Å². The van der Waals surface area contributed by atoms with Gasteiger partial charge in [0.1, 0.15) is 11.5 Å². The van der Waals surface area contributed by atoms with Gasteiger partial charge in [-0.2, -0.15) is 0 Å². The fourth-order valence-corrected chi connectivity index (χ4v) is 4.23. The molecular weight excluding hydrogens is 552 g/mol. The number of benzene rings is 2. The van der Waals surface area contributed by atoms with Gasteiger partial charge < -0.3 is 20.4 Å². The predicted molar refractivity (Wildman–Crippen MR) is 187 cm³/mol. The van der Waals surface area contributed by atoms with Crippen LogP contribution in [0.2, 0.25) is 0 Å². The Bertz CT molecular complexity index is 1040. The Morgan fingerprint density at radius 3 is 0.750 bits per heavy atom. The molecule has 0 unspecified atom stereocenters. The van der Waals surface area contributed by atoms with Crippen molar-refractivity contribution < 1.29 is 30.0 Å². The highest BCUT2D eigenvalue weighted by Gasteiger charge is 2.28. The van der Waals surface area contributed by atoms with Gasteiger partial charge in [-0.3, -0.25) is 9.59 Å². The van der Waals surface area contributed by atoms with Crippen LogP contribution in [0.3, 0.4) is 0 Å². The molecule has 0 fully saturated rings. The maximum atomic E-state index is 10.9. The molecule has 6 heteroatoms. The molecule has 2 aromatic carbocycles. The van der Waals surface area contributed by atoms with Gasteiger partial charge >= 0.3 is 11.9 Å². The molecule has 0 atom stereocenters. The minimum atomic E-state index is -0.856. The van der Waals surface area contributed by atoms with E-state index in [0.29, 0.717) is 0 Å². The Morgan fingerprint density at radius 2 is 0.636 bits per heavy atom. The highest BCUT2D eigenvalue weighted by molar-refractivity contribution is 5.71. The quantitative estimate of drug-likeness (QED) is 0.256. The van der Waals surface area contributed by atoms with Crippen LogP contribution in [0.4, 0.5) is 0 Å². The van der Waals surface area contributed by atoms with Gasteiger partial charge in [0.25, 0.3) is 0 Å². The first-order valence-corrected chi connectivity index (χ1v) is 14.5. The largest absolute Gasteiger partial charge is 0.507 e. The molecule has 4 N–H and O–H groups in total. The maximum absolute atomic E-state index is 10.9. The van der Waals surface area contributed by atoms with Crippen molar-refractivity contribution in [3.05, 3.63) is 97.1 Å². The zero-order valence-corrected chi connectivity index (χ0v) is 29.6. The van der Waals surface area contributed by atoms with Gasteiger partial charge in [-0.05, 0) is 55.0 Å². The molecule has 0 radical (unpaired) electrons. The average Bonchev–Trinajstić information content (AvgIpc) is 2.86. The molecule has 0 saturated heterocycles. The summed E-state index contributed by atoms with van der Waals surface area (Å²) >= 11 is 0. The molecule has 0 bridgehead atoms. The van der Waals surface area contributed by atoms with E-state index >= 15 is 0 Å². The number of phenolic OH excluding ortho intramolecular Hbond substituents is 2. The SMILES string of the molecule is C=C.C=C.C=C.CC(C)(C)c1cc(CC(=O)O)cc(C(C)(C)C)c1O.CC(C)(C)c1cc(CC(=O)O)cc(C(C)(C)C)c1O. The van der Waals surface area contributed by atoms with Gasteiger partial charge in [-0.25, -0.2) is 0 Å². The highest BCUT2D eigenvalue weighted by atomic mass is 16.4. The number of carboxylic acid groups (broad SMARTS) is 2. The number of aromatic hydroxyl groups is 2. The third-order valence-corrected chi connectivity index (χ3v) is 6.28. The molecule has 0 aromatic heterocycles. The Labute approximate surface area is 267 Å². The van der Waals surface area contributed by atoms with E-state index < -0.39 is 11.9 Å². The van der Waals surface area contributed by atoms with Crippen LogP contribution in [-0.4, -0.2) is 32.4 Å². The molecule has 2 rings (SSSR count). The molecule has 0 aliphatic carbocycles. The summed E-state index contributed by atoms with van der Waals surface area (Å²) in [7, 11) is 0. The minimum Gasteiger partial charge on any atom is -0.507 e. The van der Waals surface area contributed by atoms with Crippen molar-refractivity contribution in [2.24, 2.45) is 0 Å². The zero-order valence-electron chi connectivity index (χ0n) is 29.6. The van der Waals surface area contributed by atoms with Gasteiger partial charge in [0.15, 0.2) is 0 Å². The molecule has 248 valence electrons. The molecule has 6 nitrogen and oxygen atoms in total. The molecule has 0 spiro atoms. The molecule has 0 heterocycles. The van der Waals surface area contributed by atoms with Gasteiger partial charge in [0.05, 0.1) is 12.8 Å². The Balaban J connectivity index is -0.000000652. The molecule has 0 amide bonds. The summed E-state index contributed by atoms with van der Waals surface area (Å²) in [4.78, 5) is 21.8. The van der Waals surface area contributed by atoms with Crippen LogP contribution in [0.1, 0.15) is 116 Å². The summed E-state index contributed by atoms with van der Waals surface area (Å²) in [5.41, 5.74) is 3.79.